The molecule has 86 valence electrons. The molecule has 3 N–H and O–H groups in total. The number of nitrogens with zero attached hydrogens (tertiary/aromatic N) is 1. The zero-order valence-corrected chi connectivity index (χ0v) is 9.67. The monoisotopic (exact) mass is 247 g/mol. The van der Waals surface area contributed by atoms with Gasteiger partial charge in [-0.3, -0.25) is 4.98 Å². The van der Waals surface area contributed by atoms with Gasteiger partial charge in [0.15, 0.2) is 0 Å². The minimum absolute atomic E-state index is 0.262. The van der Waals surface area contributed by atoms with Gasteiger partial charge in [-0.15, -0.1) is 0 Å². The van der Waals surface area contributed by atoms with Gasteiger partial charge in [0.2, 0.25) is 0 Å². The van der Waals surface area contributed by atoms with Crippen LogP contribution in [0.4, 0.5) is 15.8 Å². The molecule has 0 saturated heterocycles. The fourth-order valence-electron chi connectivity index (χ4n) is 1.31. The Bertz CT molecular complexity index is 522. The van der Waals surface area contributed by atoms with Crippen molar-refractivity contribution in [3.63, 3.8) is 0 Å². The molecular weight excluding hydrogens is 237 g/mol. The Morgan fingerprint density at radius 2 is 1.76 bits per heavy atom. The molecular formula is C12H10FN3S. The number of aromatic nitrogens is 1. The van der Waals surface area contributed by atoms with E-state index in [4.69, 9.17) is 18.0 Å². The second kappa shape index (κ2) is 4.88. The summed E-state index contributed by atoms with van der Waals surface area (Å²) >= 11 is 4.80. The van der Waals surface area contributed by atoms with E-state index in [0.29, 0.717) is 5.69 Å². The van der Waals surface area contributed by atoms with Crippen molar-refractivity contribution >= 4 is 28.6 Å². The lowest BCUT2D eigenvalue weighted by Crippen LogP contribution is -2.11. The summed E-state index contributed by atoms with van der Waals surface area (Å²) in [6.45, 7) is 0. The number of nitrogens with one attached hydrogen (secondary N) is 1. The molecule has 1 heterocycles. The topological polar surface area (TPSA) is 50.9 Å². The van der Waals surface area contributed by atoms with E-state index in [9.17, 15) is 4.39 Å². The van der Waals surface area contributed by atoms with Gasteiger partial charge < -0.3 is 11.1 Å². The maximum atomic E-state index is 12.7. The predicted molar refractivity (Wildman–Crippen MR) is 69.8 cm³/mol. The quantitative estimate of drug-likeness (QED) is 0.819. The summed E-state index contributed by atoms with van der Waals surface area (Å²) in [5.74, 6) is -0.266. The van der Waals surface area contributed by atoms with Crippen LogP contribution in [0.5, 0.6) is 0 Å². The van der Waals surface area contributed by atoms with Gasteiger partial charge in [0.1, 0.15) is 10.8 Å². The van der Waals surface area contributed by atoms with Gasteiger partial charge in [-0.2, -0.15) is 0 Å². The number of hydrogen-bond acceptors (Lipinski definition) is 3. The van der Waals surface area contributed by atoms with Gasteiger partial charge in [0, 0.05) is 5.69 Å². The highest BCUT2D eigenvalue weighted by molar-refractivity contribution is 7.80. The summed E-state index contributed by atoms with van der Waals surface area (Å²) in [4.78, 5) is 4.35. The van der Waals surface area contributed by atoms with Crippen molar-refractivity contribution in [2.75, 3.05) is 5.32 Å². The lowest BCUT2D eigenvalue weighted by molar-refractivity contribution is 0.628. The predicted octanol–water partition coefficient (Wildman–Crippen LogP) is 2.60. The van der Waals surface area contributed by atoms with E-state index in [2.05, 4.69) is 10.3 Å². The smallest absolute Gasteiger partial charge is 0.123 e. The van der Waals surface area contributed by atoms with Crippen LogP contribution in [-0.2, 0) is 0 Å². The molecule has 0 spiro atoms. The SMILES string of the molecule is NC(=S)c1ccc(Nc2ccc(F)cc2)cn1. The maximum absolute atomic E-state index is 12.7. The number of anilines is 2. The molecule has 0 unspecified atom stereocenters. The Labute approximate surface area is 103 Å². The van der Waals surface area contributed by atoms with Gasteiger partial charge in [0.05, 0.1) is 17.6 Å². The van der Waals surface area contributed by atoms with Gasteiger partial charge in [-0.05, 0) is 36.4 Å². The van der Waals surface area contributed by atoms with Crippen LogP contribution in [0, 0.1) is 5.82 Å². The summed E-state index contributed by atoms with van der Waals surface area (Å²) in [5, 5.41) is 3.08. The first kappa shape index (κ1) is 11.5. The number of pyridine rings is 1. The van der Waals surface area contributed by atoms with Gasteiger partial charge >= 0.3 is 0 Å². The van der Waals surface area contributed by atoms with Crippen molar-refractivity contribution < 1.29 is 4.39 Å². The third-order valence-corrected chi connectivity index (χ3v) is 2.36. The Morgan fingerprint density at radius 1 is 1.12 bits per heavy atom. The molecule has 0 atom stereocenters. The number of nitrogens with two attached hydrogens (primary N) is 1. The Morgan fingerprint density at radius 3 is 2.29 bits per heavy atom. The first-order valence-corrected chi connectivity index (χ1v) is 5.34. The molecule has 0 aliphatic heterocycles. The van der Waals surface area contributed by atoms with E-state index in [-0.39, 0.29) is 10.8 Å². The van der Waals surface area contributed by atoms with Crippen LogP contribution in [0.15, 0.2) is 42.6 Å². The summed E-state index contributed by atoms with van der Waals surface area (Å²) in [6, 6.07) is 9.62. The Hall–Kier alpha value is -2.01. The van der Waals surface area contributed by atoms with Crippen LogP contribution in [0.25, 0.3) is 0 Å². The van der Waals surface area contributed by atoms with Crippen molar-refractivity contribution in [3.05, 3.63) is 54.1 Å². The van der Waals surface area contributed by atoms with Crippen LogP contribution >= 0.6 is 12.2 Å². The lowest BCUT2D eigenvalue weighted by Gasteiger charge is -2.06. The molecule has 0 radical (unpaired) electrons. The maximum Gasteiger partial charge on any atom is 0.123 e. The highest BCUT2D eigenvalue weighted by atomic mass is 32.1. The molecule has 0 saturated carbocycles. The Balaban J connectivity index is 2.13. The molecule has 0 aliphatic carbocycles. The van der Waals surface area contributed by atoms with Crippen LogP contribution < -0.4 is 11.1 Å². The van der Waals surface area contributed by atoms with Crippen molar-refractivity contribution in [1.82, 2.24) is 4.98 Å². The number of rotatable bonds is 3. The fourth-order valence-corrected chi connectivity index (χ4v) is 1.43. The van der Waals surface area contributed by atoms with E-state index < -0.39 is 0 Å². The van der Waals surface area contributed by atoms with Crippen molar-refractivity contribution in [1.29, 1.82) is 0 Å². The van der Waals surface area contributed by atoms with E-state index in [0.717, 1.165) is 11.4 Å². The first-order valence-electron chi connectivity index (χ1n) is 4.93. The number of halogens is 1. The minimum atomic E-state index is -0.266. The van der Waals surface area contributed by atoms with Crippen molar-refractivity contribution in [2.45, 2.75) is 0 Å². The molecule has 0 bridgehead atoms. The highest BCUT2D eigenvalue weighted by Gasteiger charge is 1.99. The van der Waals surface area contributed by atoms with Crippen LogP contribution in [-0.4, -0.2) is 9.97 Å². The summed E-state index contributed by atoms with van der Waals surface area (Å²) < 4.78 is 12.7. The minimum Gasteiger partial charge on any atom is -0.388 e. The van der Waals surface area contributed by atoms with E-state index in [1.807, 2.05) is 6.07 Å². The number of benzene rings is 1. The lowest BCUT2D eigenvalue weighted by atomic mass is 10.3. The Kier molecular flexibility index (Phi) is 3.30. The normalized spacial score (nSPS) is 9.94. The van der Waals surface area contributed by atoms with Gasteiger partial charge in [0.25, 0.3) is 0 Å². The number of thiocarbonyl (C=S) groups is 1. The molecule has 1 aromatic heterocycles. The molecule has 0 aliphatic rings. The molecule has 2 rings (SSSR count). The van der Waals surface area contributed by atoms with Gasteiger partial charge in [-0.1, -0.05) is 12.2 Å². The van der Waals surface area contributed by atoms with Crippen LogP contribution in [0.1, 0.15) is 5.69 Å². The molecule has 3 nitrogen and oxygen atoms in total. The third-order valence-electron chi connectivity index (χ3n) is 2.15. The van der Waals surface area contributed by atoms with Crippen molar-refractivity contribution in [2.24, 2.45) is 5.73 Å². The average Bonchev–Trinajstić information content (AvgIpc) is 2.33. The standard InChI is InChI=1S/C12H10FN3S/c13-8-1-3-9(4-2-8)16-10-5-6-11(12(14)17)15-7-10/h1-7,16H,(H2,14,17). The number of hydrogen-bond donors (Lipinski definition) is 2. The second-order valence-corrected chi connectivity index (χ2v) is 3.87. The molecule has 5 heteroatoms. The van der Waals surface area contributed by atoms with E-state index in [1.165, 1.54) is 12.1 Å². The van der Waals surface area contributed by atoms with E-state index >= 15 is 0 Å². The zero-order chi connectivity index (χ0) is 12.3. The van der Waals surface area contributed by atoms with Crippen molar-refractivity contribution in [3.8, 4) is 0 Å². The largest absolute Gasteiger partial charge is 0.388 e. The zero-order valence-electron chi connectivity index (χ0n) is 8.85. The summed E-state index contributed by atoms with van der Waals surface area (Å²) in [7, 11) is 0. The van der Waals surface area contributed by atoms with Crippen LogP contribution in [0.2, 0.25) is 0 Å². The van der Waals surface area contributed by atoms with Gasteiger partial charge in [-0.25, -0.2) is 4.39 Å². The molecule has 0 fully saturated rings. The molecule has 0 amide bonds. The molecule has 17 heavy (non-hydrogen) atoms. The molecule has 1 aromatic carbocycles. The summed E-state index contributed by atoms with van der Waals surface area (Å²) in [6.07, 6.45) is 1.62. The van der Waals surface area contributed by atoms with E-state index in [1.54, 1.807) is 24.4 Å². The molecule has 2 aromatic rings. The van der Waals surface area contributed by atoms with Crippen LogP contribution in [0.3, 0.4) is 0 Å². The first-order chi connectivity index (χ1) is 8.15. The summed E-state index contributed by atoms with van der Waals surface area (Å²) in [5.41, 5.74) is 7.59. The third kappa shape index (κ3) is 2.98. The second-order valence-electron chi connectivity index (χ2n) is 3.43. The average molecular weight is 247 g/mol. The highest BCUT2D eigenvalue weighted by Crippen LogP contribution is 2.16. The fraction of sp³-hybridized carbons (Fsp3) is 0.